The van der Waals surface area contributed by atoms with E-state index in [1.165, 1.54) is 0 Å². The van der Waals surface area contributed by atoms with Crippen molar-refractivity contribution in [1.82, 2.24) is 4.98 Å². The molecule has 0 amide bonds. The quantitative estimate of drug-likeness (QED) is 0.683. The molecule has 5 heteroatoms. The van der Waals surface area contributed by atoms with Crippen molar-refractivity contribution in [2.45, 2.75) is 39.2 Å². The van der Waals surface area contributed by atoms with Crippen LogP contribution in [0.3, 0.4) is 0 Å². The number of hydrogen-bond donors (Lipinski definition) is 0. The third-order valence-corrected chi connectivity index (χ3v) is 3.08. The van der Waals surface area contributed by atoms with E-state index in [2.05, 4.69) is 11.9 Å². The molecule has 1 saturated carbocycles. The lowest BCUT2D eigenvalue weighted by Crippen LogP contribution is -2.34. The second-order valence-corrected chi connectivity index (χ2v) is 4.84. The van der Waals surface area contributed by atoms with Crippen LogP contribution in [0.2, 0.25) is 0 Å². The van der Waals surface area contributed by atoms with E-state index in [4.69, 9.17) is 9.47 Å². The summed E-state index contributed by atoms with van der Waals surface area (Å²) in [4.78, 5) is 18.2. The van der Waals surface area contributed by atoms with E-state index >= 15 is 0 Å². The Balaban J connectivity index is 2.14. The molecule has 1 aromatic rings. The Morgan fingerprint density at radius 1 is 1.45 bits per heavy atom. The number of aromatic nitrogens is 1. The molecule has 0 aromatic carbocycles. The van der Waals surface area contributed by atoms with Crippen molar-refractivity contribution >= 4 is 11.8 Å². The number of anilines is 1. The predicted molar refractivity (Wildman–Crippen MR) is 77.0 cm³/mol. The number of rotatable bonds is 8. The van der Waals surface area contributed by atoms with Crippen LogP contribution in [0.25, 0.3) is 0 Å². The SMILES string of the molecule is CCCOc1cccnc1N(CC(=O)OCC)C1CC1. The number of carbonyl (C=O) groups is 1. The Morgan fingerprint density at radius 3 is 2.90 bits per heavy atom. The molecule has 1 fully saturated rings. The minimum atomic E-state index is -0.216. The number of carbonyl (C=O) groups excluding carboxylic acids is 1. The Morgan fingerprint density at radius 2 is 2.25 bits per heavy atom. The molecular formula is C15H22N2O3. The lowest BCUT2D eigenvalue weighted by molar-refractivity contribution is -0.141. The fraction of sp³-hybridized carbons (Fsp3) is 0.600. The van der Waals surface area contributed by atoms with Crippen LogP contribution in [0.15, 0.2) is 18.3 Å². The maximum absolute atomic E-state index is 11.8. The molecule has 0 aliphatic heterocycles. The third-order valence-electron chi connectivity index (χ3n) is 3.08. The van der Waals surface area contributed by atoms with Gasteiger partial charge in [0.2, 0.25) is 0 Å². The van der Waals surface area contributed by atoms with E-state index in [-0.39, 0.29) is 12.5 Å². The molecule has 1 aliphatic rings. The molecule has 0 atom stereocenters. The van der Waals surface area contributed by atoms with Crippen molar-refractivity contribution < 1.29 is 14.3 Å². The zero-order chi connectivity index (χ0) is 14.4. The van der Waals surface area contributed by atoms with Gasteiger partial charge < -0.3 is 14.4 Å². The summed E-state index contributed by atoms with van der Waals surface area (Å²) in [6, 6.07) is 4.13. The normalized spacial score (nSPS) is 13.9. The second kappa shape index (κ2) is 7.12. The van der Waals surface area contributed by atoms with Gasteiger partial charge in [-0.15, -0.1) is 0 Å². The minimum Gasteiger partial charge on any atom is -0.490 e. The van der Waals surface area contributed by atoms with Crippen molar-refractivity contribution in [1.29, 1.82) is 0 Å². The van der Waals surface area contributed by atoms with Gasteiger partial charge in [-0.3, -0.25) is 4.79 Å². The van der Waals surface area contributed by atoms with Gasteiger partial charge in [-0.05, 0) is 38.3 Å². The highest BCUT2D eigenvalue weighted by molar-refractivity contribution is 5.76. The van der Waals surface area contributed by atoms with Gasteiger partial charge in [0, 0.05) is 12.2 Å². The van der Waals surface area contributed by atoms with Gasteiger partial charge in [0.15, 0.2) is 11.6 Å². The fourth-order valence-corrected chi connectivity index (χ4v) is 2.03. The first-order valence-corrected chi connectivity index (χ1v) is 7.26. The smallest absolute Gasteiger partial charge is 0.325 e. The van der Waals surface area contributed by atoms with Gasteiger partial charge >= 0.3 is 5.97 Å². The largest absolute Gasteiger partial charge is 0.490 e. The van der Waals surface area contributed by atoms with Gasteiger partial charge in [0.05, 0.1) is 13.2 Å². The fourth-order valence-electron chi connectivity index (χ4n) is 2.03. The summed E-state index contributed by atoms with van der Waals surface area (Å²) in [5.41, 5.74) is 0. The summed E-state index contributed by atoms with van der Waals surface area (Å²) in [6.45, 7) is 5.16. The Labute approximate surface area is 119 Å². The Hall–Kier alpha value is -1.78. The first-order valence-electron chi connectivity index (χ1n) is 7.26. The first-order chi connectivity index (χ1) is 9.76. The molecule has 0 spiro atoms. The molecule has 1 heterocycles. The summed E-state index contributed by atoms with van der Waals surface area (Å²) in [6.07, 6.45) is 4.84. The van der Waals surface area contributed by atoms with Crippen LogP contribution < -0.4 is 9.64 Å². The van der Waals surface area contributed by atoms with Crippen LogP contribution in [0.5, 0.6) is 5.75 Å². The molecule has 0 radical (unpaired) electrons. The number of pyridine rings is 1. The zero-order valence-electron chi connectivity index (χ0n) is 12.2. The highest BCUT2D eigenvalue weighted by Crippen LogP contribution is 2.35. The van der Waals surface area contributed by atoms with Crippen molar-refractivity contribution in [3.63, 3.8) is 0 Å². The molecule has 0 bridgehead atoms. The van der Waals surface area contributed by atoms with E-state index in [9.17, 15) is 4.79 Å². The summed E-state index contributed by atoms with van der Waals surface area (Å²) in [5, 5.41) is 0. The first kappa shape index (κ1) is 14.6. The minimum absolute atomic E-state index is 0.216. The van der Waals surface area contributed by atoms with E-state index in [1.54, 1.807) is 6.20 Å². The summed E-state index contributed by atoms with van der Waals surface area (Å²) < 4.78 is 10.8. The predicted octanol–water partition coefficient (Wildman–Crippen LogP) is 2.40. The van der Waals surface area contributed by atoms with Gasteiger partial charge in [0.25, 0.3) is 0 Å². The highest BCUT2D eigenvalue weighted by atomic mass is 16.5. The van der Waals surface area contributed by atoms with E-state index < -0.39 is 0 Å². The molecule has 1 aromatic heterocycles. The number of ether oxygens (including phenoxy) is 2. The molecule has 20 heavy (non-hydrogen) atoms. The van der Waals surface area contributed by atoms with Gasteiger partial charge in [-0.25, -0.2) is 4.98 Å². The monoisotopic (exact) mass is 278 g/mol. The molecule has 0 unspecified atom stereocenters. The molecule has 0 saturated heterocycles. The van der Waals surface area contributed by atoms with Crippen molar-refractivity contribution in [3.8, 4) is 5.75 Å². The van der Waals surface area contributed by atoms with Crippen molar-refractivity contribution in [2.75, 3.05) is 24.7 Å². The van der Waals surface area contributed by atoms with Gasteiger partial charge in [-0.1, -0.05) is 6.92 Å². The molecule has 1 aliphatic carbocycles. The van der Waals surface area contributed by atoms with E-state index in [1.807, 2.05) is 24.0 Å². The summed E-state index contributed by atoms with van der Waals surface area (Å²) in [7, 11) is 0. The van der Waals surface area contributed by atoms with E-state index in [0.29, 0.717) is 19.3 Å². The highest BCUT2D eigenvalue weighted by Gasteiger charge is 2.33. The van der Waals surface area contributed by atoms with Crippen LogP contribution in [-0.2, 0) is 9.53 Å². The van der Waals surface area contributed by atoms with Crippen LogP contribution >= 0.6 is 0 Å². The zero-order valence-corrected chi connectivity index (χ0v) is 12.2. The topological polar surface area (TPSA) is 51.7 Å². The van der Waals surface area contributed by atoms with E-state index in [0.717, 1.165) is 30.8 Å². The van der Waals surface area contributed by atoms with Crippen LogP contribution in [0.4, 0.5) is 5.82 Å². The van der Waals surface area contributed by atoms with Crippen LogP contribution in [0, 0.1) is 0 Å². The Bertz CT molecular complexity index is 446. The Kier molecular flexibility index (Phi) is 5.21. The summed E-state index contributed by atoms with van der Waals surface area (Å²) >= 11 is 0. The second-order valence-electron chi connectivity index (χ2n) is 4.84. The lowest BCUT2D eigenvalue weighted by Gasteiger charge is -2.24. The van der Waals surface area contributed by atoms with Gasteiger partial charge in [0.1, 0.15) is 6.54 Å². The average Bonchev–Trinajstić information content (AvgIpc) is 3.28. The van der Waals surface area contributed by atoms with Crippen molar-refractivity contribution in [3.05, 3.63) is 18.3 Å². The van der Waals surface area contributed by atoms with Crippen LogP contribution in [0.1, 0.15) is 33.1 Å². The molecular weight excluding hydrogens is 256 g/mol. The number of hydrogen-bond acceptors (Lipinski definition) is 5. The standard InChI is InChI=1S/C15H22N2O3/c1-3-10-20-13-6-5-9-16-15(13)17(12-7-8-12)11-14(18)19-4-2/h5-6,9,12H,3-4,7-8,10-11H2,1-2H3. The van der Waals surface area contributed by atoms with Crippen LogP contribution in [-0.4, -0.2) is 36.8 Å². The number of nitrogens with zero attached hydrogens (tertiary/aromatic N) is 2. The lowest BCUT2D eigenvalue weighted by atomic mass is 10.3. The molecule has 5 nitrogen and oxygen atoms in total. The molecule has 2 rings (SSSR count). The third kappa shape index (κ3) is 3.85. The van der Waals surface area contributed by atoms with Crippen molar-refractivity contribution in [2.24, 2.45) is 0 Å². The maximum Gasteiger partial charge on any atom is 0.325 e. The maximum atomic E-state index is 11.8. The molecule has 0 N–H and O–H groups in total. The summed E-state index contributed by atoms with van der Waals surface area (Å²) in [5.74, 6) is 1.27. The van der Waals surface area contributed by atoms with Gasteiger partial charge in [-0.2, -0.15) is 0 Å². The molecule has 110 valence electrons. The average molecular weight is 278 g/mol. The number of esters is 1.